The quantitative estimate of drug-likeness (QED) is 0.119. The van der Waals surface area contributed by atoms with Gasteiger partial charge in [-0.25, -0.2) is 4.98 Å². The van der Waals surface area contributed by atoms with Gasteiger partial charge >= 0.3 is 0 Å². The zero-order valence-corrected chi connectivity index (χ0v) is 27.2. The third-order valence-corrected chi connectivity index (χ3v) is 8.44. The Morgan fingerprint density at radius 3 is 2.43 bits per heavy atom. The average Bonchev–Trinajstić information content (AvgIpc) is 3.24. The van der Waals surface area contributed by atoms with Gasteiger partial charge in [0.05, 0.1) is 17.9 Å². The number of hydrogen-bond acceptors (Lipinski definition) is 8. The highest BCUT2D eigenvalue weighted by Gasteiger charge is 2.24. The molecule has 1 atom stereocenters. The van der Waals surface area contributed by atoms with Crippen molar-refractivity contribution >= 4 is 30.8 Å². The molecule has 11 heteroatoms. The highest BCUT2D eigenvalue weighted by molar-refractivity contribution is 6.76. The lowest BCUT2D eigenvalue weighted by molar-refractivity contribution is -0.137. The van der Waals surface area contributed by atoms with Crippen LogP contribution in [0, 0.1) is 0 Å². The van der Waals surface area contributed by atoms with E-state index in [2.05, 4.69) is 24.6 Å². The van der Waals surface area contributed by atoms with Crippen LogP contribution in [0.1, 0.15) is 34.6 Å². The summed E-state index contributed by atoms with van der Waals surface area (Å²) in [5, 5.41) is 11.3. The minimum absolute atomic E-state index is 0.143. The molecule has 228 valence electrons. The van der Waals surface area contributed by atoms with Crippen molar-refractivity contribution in [2.24, 2.45) is 0 Å². The maximum absolute atomic E-state index is 13.7. The molecule has 1 N–H and O–H groups in total. The van der Waals surface area contributed by atoms with E-state index in [9.17, 15) is 14.7 Å². The van der Waals surface area contributed by atoms with Crippen LogP contribution in [0.5, 0.6) is 0 Å². The molecule has 0 aliphatic rings. The van der Waals surface area contributed by atoms with Crippen LogP contribution in [-0.2, 0) is 27.6 Å². The summed E-state index contributed by atoms with van der Waals surface area (Å²) in [5.74, 6) is -0.582. The number of nitrogens with zero attached hydrogens (tertiary/aromatic N) is 5. The van der Waals surface area contributed by atoms with E-state index in [0.717, 1.165) is 6.04 Å². The number of carbonyl (C=O) groups excluding carboxylic acids is 2. The smallest absolute Gasteiger partial charge is 0.255 e. The van der Waals surface area contributed by atoms with Crippen molar-refractivity contribution in [3.8, 4) is 11.1 Å². The average molecular weight is 596 g/mol. The molecule has 3 rings (SSSR count). The number of rotatable bonds is 15. The van der Waals surface area contributed by atoms with E-state index in [4.69, 9.17) is 14.5 Å². The van der Waals surface area contributed by atoms with E-state index in [1.807, 2.05) is 42.6 Å². The Balaban J connectivity index is 2.14. The number of allylic oxidation sites excluding steroid dienone is 1. The number of ether oxygens (including phenoxy) is 2. The van der Waals surface area contributed by atoms with Gasteiger partial charge in [0.25, 0.3) is 5.91 Å². The molecule has 0 aliphatic heterocycles. The molecule has 3 aromatic heterocycles. The van der Waals surface area contributed by atoms with Gasteiger partial charge in [0.15, 0.2) is 11.9 Å². The lowest BCUT2D eigenvalue weighted by Gasteiger charge is -2.17. The molecule has 1 amide bonds. The molecule has 3 aromatic rings. The summed E-state index contributed by atoms with van der Waals surface area (Å²) >= 11 is 0. The van der Waals surface area contributed by atoms with Crippen molar-refractivity contribution in [2.75, 3.05) is 47.9 Å². The summed E-state index contributed by atoms with van der Waals surface area (Å²) in [4.78, 5) is 38.4. The second-order valence-corrected chi connectivity index (χ2v) is 17.6. The first-order valence-corrected chi connectivity index (χ1v) is 17.9. The predicted molar refractivity (Wildman–Crippen MR) is 168 cm³/mol. The van der Waals surface area contributed by atoms with Crippen molar-refractivity contribution in [1.29, 1.82) is 0 Å². The fourth-order valence-electron chi connectivity index (χ4n) is 4.34. The number of aromatic nitrogens is 3. The number of aliphatic hydroxyl groups is 1. The summed E-state index contributed by atoms with van der Waals surface area (Å²) < 4.78 is 13.9. The summed E-state index contributed by atoms with van der Waals surface area (Å²) in [7, 11) is 5.79. The Morgan fingerprint density at radius 1 is 1.07 bits per heavy atom. The molecule has 0 fully saturated rings. The number of aliphatic hydroxyl groups excluding tert-OH is 1. The normalized spacial score (nSPS) is 12.9. The Morgan fingerprint density at radius 2 is 1.79 bits per heavy atom. The van der Waals surface area contributed by atoms with Crippen LogP contribution in [0.2, 0.25) is 25.7 Å². The first kappa shape index (κ1) is 33.3. The molecule has 0 radical (unpaired) electrons. The number of ketones is 1. The van der Waals surface area contributed by atoms with Gasteiger partial charge < -0.3 is 28.9 Å². The molecule has 42 heavy (non-hydrogen) atoms. The fraction of sp³-hybridized carbons (Fsp3) is 0.484. The summed E-state index contributed by atoms with van der Waals surface area (Å²) in [6.07, 6.45) is 6.93. The van der Waals surface area contributed by atoms with Crippen LogP contribution in [0.25, 0.3) is 22.2 Å². The van der Waals surface area contributed by atoms with Crippen molar-refractivity contribution in [1.82, 2.24) is 24.3 Å². The fourth-order valence-corrected chi connectivity index (χ4v) is 5.09. The van der Waals surface area contributed by atoms with Gasteiger partial charge in [0.1, 0.15) is 12.4 Å². The van der Waals surface area contributed by atoms with E-state index >= 15 is 0 Å². The summed E-state index contributed by atoms with van der Waals surface area (Å²) in [5.41, 5.74) is 3.59. The number of amides is 1. The lowest BCUT2D eigenvalue weighted by atomic mass is 10.0. The van der Waals surface area contributed by atoms with Crippen LogP contribution < -0.4 is 0 Å². The van der Waals surface area contributed by atoms with E-state index < -0.39 is 20.1 Å². The van der Waals surface area contributed by atoms with Crippen LogP contribution in [0.15, 0.2) is 42.9 Å². The van der Waals surface area contributed by atoms with Crippen molar-refractivity contribution in [2.45, 2.75) is 52.1 Å². The van der Waals surface area contributed by atoms with Crippen molar-refractivity contribution in [3.05, 3.63) is 59.7 Å². The van der Waals surface area contributed by atoms with Crippen LogP contribution in [0.4, 0.5) is 0 Å². The summed E-state index contributed by atoms with van der Waals surface area (Å²) in [6.45, 7) is 11.1. The van der Waals surface area contributed by atoms with Crippen LogP contribution in [-0.4, -0.2) is 97.2 Å². The highest BCUT2D eigenvalue weighted by Crippen LogP contribution is 2.31. The first-order valence-electron chi connectivity index (χ1n) is 14.2. The van der Waals surface area contributed by atoms with E-state index in [1.165, 1.54) is 11.1 Å². The number of hydrogen-bond donors (Lipinski definition) is 1. The van der Waals surface area contributed by atoms with Gasteiger partial charge in [0.2, 0.25) is 0 Å². The lowest BCUT2D eigenvalue weighted by Crippen LogP contribution is -2.28. The van der Waals surface area contributed by atoms with E-state index in [-0.39, 0.29) is 19.1 Å². The molecule has 0 saturated heterocycles. The Hall–Kier alpha value is -3.22. The van der Waals surface area contributed by atoms with Gasteiger partial charge in [0, 0.05) is 82.6 Å². The maximum atomic E-state index is 13.7. The summed E-state index contributed by atoms with van der Waals surface area (Å²) in [6, 6.07) is 4.65. The first-order chi connectivity index (χ1) is 19.8. The molecule has 0 spiro atoms. The highest BCUT2D eigenvalue weighted by atomic mass is 28.3. The third-order valence-electron chi connectivity index (χ3n) is 6.74. The number of pyridine rings is 2. The minimum atomic E-state index is -1.34. The molecule has 0 aliphatic carbocycles. The van der Waals surface area contributed by atoms with Crippen molar-refractivity contribution < 1.29 is 24.2 Å². The second kappa shape index (κ2) is 14.8. The van der Waals surface area contributed by atoms with Crippen molar-refractivity contribution in [3.63, 3.8) is 0 Å². The van der Waals surface area contributed by atoms with E-state index in [0.29, 0.717) is 58.7 Å². The Bertz CT molecular complexity index is 1410. The van der Waals surface area contributed by atoms with Gasteiger partial charge in [-0.3, -0.25) is 14.6 Å². The zero-order valence-electron chi connectivity index (χ0n) is 26.2. The molecule has 0 saturated carbocycles. The monoisotopic (exact) mass is 595 g/mol. The molecule has 1 unspecified atom stereocenters. The topological polar surface area (TPSA) is 110 Å². The largest absolute Gasteiger partial charge is 0.378 e. The zero-order chi connectivity index (χ0) is 31.0. The van der Waals surface area contributed by atoms with Crippen LogP contribution >= 0.6 is 0 Å². The standard InChI is InChI=1S/C31H45N5O5Si/c1-9-40-20-26-28(27(37)11-10-12-34(2)3)25-16-23(19-33-30(25)36(26)21-41-13-14-42(6,7)8)22-15-24(18-32-17-22)29(38)31(39)35(4)5/h10-11,15-19,29,38H,9,12-14,20-21H2,1-8H3. The SMILES string of the molecule is CCOCc1c(C(=O)C=CCN(C)C)c2cc(-c3cncc(C(O)C(=O)N(C)C)c3)cnc2n1COCC[Si](C)(C)C. The molecule has 0 aromatic carbocycles. The molecular weight excluding hydrogens is 550 g/mol. The second-order valence-electron chi connectivity index (χ2n) is 12.0. The predicted octanol–water partition coefficient (Wildman–Crippen LogP) is 4.37. The van der Waals surface area contributed by atoms with Gasteiger partial charge in [-0.15, -0.1) is 0 Å². The Labute approximate surface area is 250 Å². The van der Waals surface area contributed by atoms with Gasteiger partial charge in [-0.05, 0) is 45.3 Å². The van der Waals surface area contributed by atoms with Crippen LogP contribution in [0.3, 0.4) is 0 Å². The molecular formula is C31H45N5O5Si. The molecule has 10 nitrogen and oxygen atoms in total. The van der Waals surface area contributed by atoms with Gasteiger partial charge in [-0.2, -0.15) is 0 Å². The molecule has 0 bridgehead atoms. The number of likely N-dealkylation sites (N-methyl/N-ethyl adjacent to an activating group) is 2. The molecule has 3 heterocycles. The maximum Gasteiger partial charge on any atom is 0.255 e. The van der Waals surface area contributed by atoms with Gasteiger partial charge in [-0.1, -0.05) is 25.7 Å². The number of carbonyl (C=O) groups is 2. The minimum Gasteiger partial charge on any atom is -0.378 e. The third kappa shape index (κ3) is 8.65. The number of fused-ring (bicyclic) bond motifs is 1. The van der Waals surface area contributed by atoms with E-state index in [1.54, 1.807) is 38.6 Å². The Kier molecular flexibility index (Phi) is 11.7.